The maximum Gasteiger partial charge on any atom is 0.252 e. The van der Waals surface area contributed by atoms with Gasteiger partial charge < -0.3 is 10.1 Å². The second-order valence-corrected chi connectivity index (χ2v) is 10.0. The highest BCUT2D eigenvalue weighted by molar-refractivity contribution is 7.91. The third kappa shape index (κ3) is 4.88. The molecule has 2 heterocycles. The van der Waals surface area contributed by atoms with Gasteiger partial charge in [0.1, 0.15) is 9.96 Å². The van der Waals surface area contributed by atoms with E-state index in [0.29, 0.717) is 29.4 Å². The summed E-state index contributed by atoms with van der Waals surface area (Å²) in [4.78, 5) is 13.1. The van der Waals surface area contributed by atoms with Crippen LogP contribution in [0.2, 0.25) is 0 Å². The van der Waals surface area contributed by atoms with Crippen LogP contribution < -0.4 is 10.1 Å². The lowest BCUT2D eigenvalue weighted by Gasteiger charge is -2.13. The first kappa shape index (κ1) is 19.9. The molecule has 0 atom stereocenters. The Hall–Kier alpha value is -1.90. The maximum absolute atomic E-state index is 12.6. The minimum Gasteiger partial charge on any atom is -0.491 e. The molecule has 1 saturated heterocycles. The molecule has 1 aliphatic heterocycles. The lowest BCUT2D eigenvalue weighted by Crippen LogP contribution is -2.27. The van der Waals surface area contributed by atoms with Gasteiger partial charge in [-0.25, -0.2) is 8.42 Å². The first-order valence-electron chi connectivity index (χ1n) is 9.00. The molecule has 1 aromatic carbocycles. The Labute approximate surface area is 164 Å². The van der Waals surface area contributed by atoms with Crippen molar-refractivity contribution in [1.29, 1.82) is 0 Å². The van der Waals surface area contributed by atoms with Crippen LogP contribution in [0.15, 0.2) is 40.6 Å². The van der Waals surface area contributed by atoms with Crippen molar-refractivity contribution in [3.05, 3.63) is 46.8 Å². The molecule has 0 unspecified atom stereocenters. The molecule has 146 valence electrons. The summed E-state index contributed by atoms with van der Waals surface area (Å²) in [6.45, 7) is 5.36. The van der Waals surface area contributed by atoms with Gasteiger partial charge in [-0.2, -0.15) is 4.31 Å². The van der Waals surface area contributed by atoms with E-state index < -0.39 is 10.0 Å². The number of hydrogen-bond donors (Lipinski definition) is 1. The predicted molar refractivity (Wildman–Crippen MR) is 106 cm³/mol. The summed E-state index contributed by atoms with van der Waals surface area (Å²) < 4.78 is 32.5. The van der Waals surface area contributed by atoms with E-state index >= 15 is 0 Å². The van der Waals surface area contributed by atoms with Crippen molar-refractivity contribution < 1.29 is 17.9 Å². The molecule has 1 aromatic heterocycles. The van der Waals surface area contributed by atoms with Crippen LogP contribution >= 0.6 is 11.3 Å². The van der Waals surface area contributed by atoms with Crippen molar-refractivity contribution in [2.24, 2.45) is 0 Å². The summed E-state index contributed by atoms with van der Waals surface area (Å²) in [5.74, 6) is 0.514. The second-order valence-electron chi connectivity index (χ2n) is 6.71. The molecular formula is C19H24N2O4S2. The molecule has 0 aliphatic carbocycles. The van der Waals surface area contributed by atoms with Crippen LogP contribution in [0.4, 0.5) is 0 Å². The van der Waals surface area contributed by atoms with Gasteiger partial charge in [0.25, 0.3) is 15.9 Å². The Morgan fingerprint density at radius 3 is 2.44 bits per heavy atom. The fourth-order valence-electron chi connectivity index (χ4n) is 2.87. The lowest BCUT2D eigenvalue weighted by molar-refractivity contribution is 0.0951. The van der Waals surface area contributed by atoms with E-state index in [1.165, 1.54) is 15.6 Å². The average Bonchev–Trinajstić information content (AvgIpc) is 3.32. The Morgan fingerprint density at radius 1 is 1.15 bits per heavy atom. The number of carbonyl (C=O) groups is 1. The van der Waals surface area contributed by atoms with Crippen molar-refractivity contribution in [2.75, 3.05) is 13.1 Å². The standard InChI is InChI=1S/C19H24N2O4S2/c1-14(2)25-16-7-5-15(6-8-16)19(22)20-13-17-9-10-18(26-17)27(23,24)21-11-3-4-12-21/h5-10,14H,3-4,11-13H2,1-2H3,(H,20,22). The molecule has 6 nitrogen and oxygen atoms in total. The molecule has 2 aromatic rings. The third-order valence-corrected chi connectivity index (χ3v) is 7.66. The summed E-state index contributed by atoms with van der Waals surface area (Å²) in [5, 5.41) is 2.83. The molecule has 0 saturated carbocycles. The fourth-order valence-corrected chi connectivity index (χ4v) is 5.84. The molecular weight excluding hydrogens is 384 g/mol. The molecule has 1 fully saturated rings. The van der Waals surface area contributed by atoms with Crippen molar-refractivity contribution >= 4 is 27.3 Å². The molecule has 3 rings (SSSR count). The largest absolute Gasteiger partial charge is 0.491 e. The molecule has 8 heteroatoms. The van der Waals surface area contributed by atoms with Crippen LogP contribution in [-0.2, 0) is 16.6 Å². The van der Waals surface area contributed by atoms with Gasteiger partial charge in [0.15, 0.2) is 0 Å². The molecule has 1 amide bonds. The Balaban J connectivity index is 1.59. The highest BCUT2D eigenvalue weighted by atomic mass is 32.2. The topological polar surface area (TPSA) is 75.7 Å². The number of rotatable bonds is 7. The van der Waals surface area contributed by atoms with E-state index in [4.69, 9.17) is 4.74 Å². The summed E-state index contributed by atoms with van der Waals surface area (Å²) in [6, 6.07) is 10.3. The van der Waals surface area contributed by atoms with Crippen molar-refractivity contribution in [2.45, 2.75) is 43.5 Å². The minimum atomic E-state index is -3.40. The molecule has 0 spiro atoms. The zero-order valence-corrected chi connectivity index (χ0v) is 17.1. The SMILES string of the molecule is CC(C)Oc1ccc(C(=O)NCc2ccc(S(=O)(=O)N3CCCC3)s2)cc1. The van der Waals surface area contributed by atoms with Gasteiger partial charge in [-0.3, -0.25) is 4.79 Å². The van der Waals surface area contributed by atoms with E-state index in [2.05, 4.69) is 5.32 Å². The summed E-state index contributed by atoms with van der Waals surface area (Å²) in [7, 11) is -3.40. The Bertz CT molecular complexity index is 883. The molecule has 0 bridgehead atoms. The number of hydrogen-bond acceptors (Lipinski definition) is 5. The van der Waals surface area contributed by atoms with Gasteiger partial charge in [0, 0.05) is 23.5 Å². The van der Waals surface area contributed by atoms with Gasteiger partial charge in [-0.05, 0) is 63.1 Å². The average molecular weight is 409 g/mol. The molecule has 0 radical (unpaired) electrons. The van der Waals surface area contributed by atoms with Gasteiger partial charge >= 0.3 is 0 Å². The number of thiophene rings is 1. The van der Waals surface area contributed by atoms with Crippen LogP contribution in [0, 0.1) is 0 Å². The van der Waals surface area contributed by atoms with Gasteiger partial charge in [-0.1, -0.05) is 0 Å². The van der Waals surface area contributed by atoms with Crippen LogP contribution in [0.1, 0.15) is 41.9 Å². The van der Waals surface area contributed by atoms with Gasteiger partial charge in [0.05, 0.1) is 12.6 Å². The van der Waals surface area contributed by atoms with Crippen molar-refractivity contribution in [3.63, 3.8) is 0 Å². The zero-order chi connectivity index (χ0) is 19.4. The number of sulfonamides is 1. The van der Waals surface area contributed by atoms with Crippen LogP contribution in [-0.4, -0.2) is 37.8 Å². The second kappa shape index (κ2) is 8.41. The van der Waals surface area contributed by atoms with Crippen LogP contribution in [0.5, 0.6) is 5.75 Å². The first-order valence-corrected chi connectivity index (χ1v) is 11.3. The highest BCUT2D eigenvalue weighted by Gasteiger charge is 2.28. The van der Waals surface area contributed by atoms with Crippen molar-refractivity contribution in [1.82, 2.24) is 9.62 Å². The Kier molecular flexibility index (Phi) is 6.18. The molecule has 1 aliphatic rings. The third-order valence-electron chi connectivity index (χ3n) is 4.21. The summed E-state index contributed by atoms with van der Waals surface area (Å²) in [5.41, 5.74) is 0.535. The zero-order valence-electron chi connectivity index (χ0n) is 15.5. The van der Waals surface area contributed by atoms with E-state index in [9.17, 15) is 13.2 Å². The van der Waals surface area contributed by atoms with E-state index in [-0.39, 0.29) is 12.0 Å². The number of amides is 1. The maximum atomic E-state index is 12.6. The normalized spacial score (nSPS) is 15.2. The van der Waals surface area contributed by atoms with Gasteiger partial charge in [0.2, 0.25) is 0 Å². The lowest BCUT2D eigenvalue weighted by atomic mass is 10.2. The predicted octanol–water partition coefficient (Wildman–Crippen LogP) is 3.25. The van der Waals surface area contributed by atoms with Crippen LogP contribution in [0.3, 0.4) is 0 Å². The van der Waals surface area contributed by atoms with E-state index in [1.54, 1.807) is 36.4 Å². The number of nitrogens with zero attached hydrogens (tertiary/aromatic N) is 1. The highest BCUT2D eigenvalue weighted by Crippen LogP contribution is 2.27. The number of ether oxygens (including phenoxy) is 1. The summed E-state index contributed by atoms with van der Waals surface area (Å²) >= 11 is 1.21. The fraction of sp³-hybridized carbons (Fsp3) is 0.421. The number of benzene rings is 1. The van der Waals surface area contributed by atoms with Crippen molar-refractivity contribution in [3.8, 4) is 5.75 Å². The smallest absolute Gasteiger partial charge is 0.252 e. The number of nitrogens with one attached hydrogen (secondary N) is 1. The minimum absolute atomic E-state index is 0.0783. The van der Waals surface area contributed by atoms with E-state index in [0.717, 1.165) is 23.5 Å². The first-order chi connectivity index (χ1) is 12.9. The van der Waals surface area contributed by atoms with Gasteiger partial charge in [-0.15, -0.1) is 11.3 Å². The number of carbonyl (C=O) groups excluding carboxylic acids is 1. The van der Waals surface area contributed by atoms with Crippen LogP contribution in [0.25, 0.3) is 0 Å². The quantitative estimate of drug-likeness (QED) is 0.763. The molecule has 1 N–H and O–H groups in total. The molecule has 27 heavy (non-hydrogen) atoms. The van der Waals surface area contributed by atoms with E-state index in [1.807, 2.05) is 13.8 Å². The monoisotopic (exact) mass is 408 g/mol. The summed E-state index contributed by atoms with van der Waals surface area (Å²) in [6.07, 6.45) is 1.90. The Morgan fingerprint density at radius 2 is 1.81 bits per heavy atom.